The molecule has 0 aromatic heterocycles. The van der Waals surface area contributed by atoms with Gasteiger partial charge in [-0.15, -0.1) is 11.8 Å². The highest BCUT2D eigenvalue weighted by molar-refractivity contribution is 7.98. The van der Waals surface area contributed by atoms with Crippen molar-refractivity contribution < 1.29 is 8.78 Å². The second-order valence-electron chi connectivity index (χ2n) is 7.85. The third-order valence-corrected chi connectivity index (χ3v) is 6.16. The molecule has 0 nitrogen and oxygen atoms in total. The lowest BCUT2D eigenvalue weighted by atomic mass is 10.0. The quantitative estimate of drug-likeness (QED) is 0.206. The van der Waals surface area contributed by atoms with Gasteiger partial charge in [0.05, 0.1) is 5.56 Å². The van der Waals surface area contributed by atoms with Crippen LogP contribution in [0.15, 0.2) is 59.5 Å². The summed E-state index contributed by atoms with van der Waals surface area (Å²) in [6.07, 6.45) is 6.57. The number of aryl methyl sites for hydroxylation is 2. The van der Waals surface area contributed by atoms with Crippen molar-refractivity contribution in [1.29, 1.82) is 0 Å². The molecule has 0 aliphatic carbocycles. The van der Waals surface area contributed by atoms with Crippen LogP contribution in [-0.2, 0) is 12.8 Å². The molecular formula is C30H28F2S. The van der Waals surface area contributed by atoms with Crippen LogP contribution < -0.4 is 0 Å². The molecule has 0 N–H and O–H groups in total. The van der Waals surface area contributed by atoms with Gasteiger partial charge in [-0.1, -0.05) is 50.4 Å². The van der Waals surface area contributed by atoms with Gasteiger partial charge in [-0.2, -0.15) is 0 Å². The van der Waals surface area contributed by atoms with E-state index in [0.29, 0.717) is 17.5 Å². The minimum absolute atomic E-state index is 0.176. The Hall–Kier alpha value is -3.01. The van der Waals surface area contributed by atoms with Gasteiger partial charge < -0.3 is 0 Å². The van der Waals surface area contributed by atoms with Crippen LogP contribution in [0.25, 0.3) is 0 Å². The number of hydrogen-bond acceptors (Lipinski definition) is 1. The van der Waals surface area contributed by atoms with Crippen LogP contribution in [0.5, 0.6) is 0 Å². The van der Waals surface area contributed by atoms with Gasteiger partial charge in [0, 0.05) is 21.6 Å². The Morgan fingerprint density at radius 3 is 2.06 bits per heavy atom. The van der Waals surface area contributed by atoms with Gasteiger partial charge in [-0.3, -0.25) is 0 Å². The Balaban J connectivity index is 1.80. The molecule has 0 unspecified atom stereocenters. The van der Waals surface area contributed by atoms with E-state index in [9.17, 15) is 8.78 Å². The minimum Gasteiger partial charge on any atom is -0.206 e. The summed E-state index contributed by atoms with van der Waals surface area (Å²) < 4.78 is 29.0. The highest BCUT2D eigenvalue weighted by Gasteiger charge is 2.09. The first kappa shape index (κ1) is 24.6. The Labute approximate surface area is 200 Å². The van der Waals surface area contributed by atoms with Gasteiger partial charge in [-0.25, -0.2) is 8.78 Å². The molecule has 3 aromatic rings. The molecule has 0 aliphatic heterocycles. The number of benzene rings is 3. The van der Waals surface area contributed by atoms with Gasteiger partial charge in [0.1, 0.15) is 11.6 Å². The maximum Gasteiger partial charge on any atom is 0.142 e. The van der Waals surface area contributed by atoms with E-state index in [1.54, 1.807) is 11.8 Å². The smallest absolute Gasteiger partial charge is 0.142 e. The average molecular weight is 459 g/mol. The van der Waals surface area contributed by atoms with Crippen molar-refractivity contribution in [3.63, 3.8) is 0 Å². The number of rotatable bonds is 6. The molecule has 0 heterocycles. The molecule has 0 atom stereocenters. The fourth-order valence-electron chi connectivity index (χ4n) is 3.50. The first-order chi connectivity index (χ1) is 16.0. The van der Waals surface area contributed by atoms with E-state index in [0.717, 1.165) is 42.4 Å². The standard InChI is InChI=1S/C30H28F2S/c1-4-6-7-8-24-20-29(31)28(30(32)21-24)18-13-23-10-15-26(25(5-2)19-23)14-9-22-11-16-27(33-3)17-12-22/h10-12,15-17,19-21H,4-8H2,1-3H3. The van der Waals surface area contributed by atoms with Crippen molar-refractivity contribution in [3.8, 4) is 23.7 Å². The van der Waals surface area contributed by atoms with Gasteiger partial charge >= 0.3 is 0 Å². The van der Waals surface area contributed by atoms with Gasteiger partial charge in [0.2, 0.25) is 0 Å². The van der Waals surface area contributed by atoms with E-state index >= 15 is 0 Å². The normalized spacial score (nSPS) is 10.2. The molecule has 3 aromatic carbocycles. The summed E-state index contributed by atoms with van der Waals surface area (Å²) in [7, 11) is 0. The molecule has 0 saturated carbocycles. The van der Waals surface area contributed by atoms with Crippen LogP contribution >= 0.6 is 11.8 Å². The third kappa shape index (κ3) is 6.98. The van der Waals surface area contributed by atoms with Crippen molar-refractivity contribution >= 4 is 11.8 Å². The maximum atomic E-state index is 14.5. The van der Waals surface area contributed by atoms with Crippen molar-refractivity contribution in [1.82, 2.24) is 0 Å². The first-order valence-corrected chi connectivity index (χ1v) is 12.6. The van der Waals surface area contributed by atoms with Crippen LogP contribution in [0.3, 0.4) is 0 Å². The SMILES string of the molecule is CCCCCc1cc(F)c(C#Cc2ccc(C#Cc3ccc(SC)cc3)c(CC)c2)c(F)c1. The van der Waals surface area contributed by atoms with E-state index in [1.807, 2.05) is 36.6 Å². The van der Waals surface area contributed by atoms with Gasteiger partial charge in [0.15, 0.2) is 0 Å². The lowest BCUT2D eigenvalue weighted by Gasteiger charge is -2.04. The maximum absolute atomic E-state index is 14.5. The Morgan fingerprint density at radius 1 is 0.758 bits per heavy atom. The highest BCUT2D eigenvalue weighted by atomic mass is 32.2. The summed E-state index contributed by atoms with van der Waals surface area (Å²) in [6, 6.07) is 16.7. The van der Waals surface area contributed by atoms with Crippen LogP contribution in [-0.4, -0.2) is 6.26 Å². The molecule has 0 fully saturated rings. The van der Waals surface area contributed by atoms with Crippen molar-refractivity contribution in [2.45, 2.75) is 50.8 Å². The predicted molar refractivity (Wildman–Crippen MR) is 136 cm³/mol. The molecule has 0 bridgehead atoms. The van der Waals surface area contributed by atoms with E-state index in [4.69, 9.17) is 0 Å². The zero-order chi connectivity index (χ0) is 23.6. The minimum atomic E-state index is -0.598. The summed E-state index contributed by atoms with van der Waals surface area (Å²) in [5, 5.41) is 0. The number of hydrogen-bond donors (Lipinski definition) is 0. The lowest BCUT2D eigenvalue weighted by molar-refractivity contribution is 0.572. The summed E-state index contributed by atoms with van der Waals surface area (Å²) in [4.78, 5) is 1.21. The molecule has 0 saturated heterocycles. The molecule has 3 rings (SSSR count). The number of unbranched alkanes of at least 4 members (excludes halogenated alkanes) is 2. The molecule has 33 heavy (non-hydrogen) atoms. The van der Waals surface area contributed by atoms with Crippen LogP contribution in [0.2, 0.25) is 0 Å². The second-order valence-corrected chi connectivity index (χ2v) is 8.73. The molecule has 3 heteroatoms. The Morgan fingerprint density at radius 2 is 1.42 bits per heavy atom. The Kier molecular flexibility index (Phi) is 9.17. The largest absolute Gasteiger partial charge is 0.206 e. The van der Waals surface area contributed by atoms with E-state index in [-0.39, 0.29) is 5.56 Å². The van der Waals surface area contributed by atoms with E-state index < -0.39 is 11.6 Å². The van der Waals surface area contributed by atoms with E-state index in [1.165, 1.54) is 17.0 Å². The zero-order valence-electron chi connectivity index (χ0n) is 19.4. The summed E-state index contributed by atoms with van der Waals surface area (Å²) >= 11 is 1.70. The Bertz CT molecular complexity index is 1200. The van der Waals surface area contributed by atoms with Gasteiger partial charge in [0.25, 0.3) is 0 Å². The molecule has 168 valence electrons. The fourth-order valence-corrected chi connectivity index (χ4v) is 3.91. The fraction of sp³-hybridized carbons (Fsp3) is 0.267. The summed E-state index contributed by atoms with van der Waals surface area (Å²) in [5.74, 6) is 10.9. The number of thioether (sulfide) groups is 1. The van der Waals surface area contributed by atoms with Crippen LogP contribution in [0.4, 0.5) is 8.78 Å². The van der Waals surface area contributed by atoms with Gasteiger partial charge in [-0.05, 0) is 91.2 Å². The first-order valence-electron chi connectivity index (χ1n) is 11.3. The average Bonchev–Trinajstić information content (AvgIpc) is 2.83. The molecule has 0 aliphatic rings. The monoisotopic (exact) mass is 458 g/mol. The topological polar surface area (TPSA) is 0 Å². The molecular weight excluding hydrogens is 430 g/mol. The zero-order valence-corrected chi connectivity index (χ0v) is 20.2. The molecule has 0 radical (unpaired) electrons. The summed E-state index contributed by atoms with van der Waals surface area (Å²) in [5.41, 5.74) is 4.18. The van der Waals surface area contributed by atoms with Crippen LogP contribution in [0, 0.1) is 35.3 Å². The predicted octanol–water partition coefficient (Wildman–Crippen LogP) is 7.78. The van der Waals surface area contributed by atoms with Crippen LogP contribution in [0.1, 0.15) is 66.5 Å². The molecule has 0 spiro atoms. The van der Waals surface area contributed by atoms with Crippen molar-refractivity contribution in [2.24, 2.45) is 0 Å². The van der Waals surface area contributed by atoms with E-state index in [2.05, 4.69) is 49.7 Å². The summed E-state index contributed by atoms with van der Waals surface area (Å²) in [6.45, 7) is 4.16. The highest BCUT2D eigenvalue weighted by Crippen LogP contribution is 2.18. The second kappa shape index (κ2) is 12.3. The molecule has 0 amide bonds. The lowest BCUT2D eigenvalue weighted by Crippen LogP contribution is -1.95. The third-order valence-electron chi connectivity index (χ3n) is 5.42. The van der Waals surface area contributed by atoms with Crippen molar-refractivity contribution in [3.05, 3.63) is 99.6 Å². The number of halogens is 2. The van der Waals surface area contributed by atoms with Crippen molar-refractivity contribution in [2.75, 3.05) is 6.26 Å².